The van der Waals surface area contributed by atoms with E-state index in [1.807, 2.05) is 49.4 Å². The van der Waals surface area contributed by atoms with Gasteiger partial charge in [0, 0.05) is 15.7 Å². The number of nitriles is 1. The standard InChI is InChI=1S/C24H20Cl2N2O2/c1-15-11-20(21(14-27)17-5-7-18(25)8-6-17)22(26)13-23(15)28-24(29)12-16-3-9-19(30-2)10-4-16/h3-11,13,21H,12H2,1-2H3,(H,28,29)/t21-/m0/s1. The average molecular weight is 439 g/mol. The van der Waals surface area contributed by atoms with Gasteiger partial charge in [-0.3, -0.25) is 4.79 Å². The molecule has 0 aromatic heterocycles. The van der Waals surface area contributed by atoms with Gasteiger partial charge in [0.15, 0.2) is 0 Å². The molecule has 3 aromatic rings. The minimum Gasteiger partial charge on any atom is -0.497 e. The maximum Gasteiger partial charge on any atom is 0.228 e. The van der Waals surface area contributed by atoms with Crippen LogP contribution in [0.4, 0.5) is 5.69 Å². The number of aryl methyl sites for hydroxylation is 1. The van der Waals surface area contributed by atoms with Crippen LogP contribution in [0.5, 0.6) is 5.75 Å². The molecule has 0 aliphatic rings. The van der Waals surface area contributed by atoms with Gasteiger partial charge in [-0.15, -0.1) is 0 Å². The first kappa shape index (κ1) is 21.7. The Kier molecular flexibility index (Phi) is 6.99. The van der Waals surface area contributed by atoms with Gasteiger partial charge in [0.2, 0.25) is 5.91 Å². The molecule has 30 heavy (non-hydrogen) atoms. The highest BCUT2D eigenvalue weighted by atomic mass is 35.5. The summed E-state index contributed by atoms with van der Waals surface area (Å²) in [6, 6.07) is 20.3. The van der Waals surface area contributed by atoms with Crippen molar-refractivity contribution in [1.82, 2.24) is 0 Å². The van der Waals surface area contributed by atoms with Crippen molar-refractivity contribution >= 4 is 34.8 Å². The number of ether oxygens (including phenoxy) is 1. The Hall–Kier alpha value is -3.00. The van der Waals surface area contributed by atoms with Crippen LogP contribution in [-0.2, 0) is 11.2 Å². The van der Waals surface area contributed by atoms with E-state index in [1.165, 1.54) is 0 Å². The Labute approximate surface area is 186 Å². The van der Waals surface area contributed by atoms with Gasteiger partial charge >= 0.3 is 0 Å². The molecule has 1 N–H and O–H groups in total. The first-order valence-corrected chi connectivity index (χ1v) is 10.0. The molecule has 0 saturated carbocycles. The monoisotopic (exact) mass is 438 g/mol. The van der Waals surface area contributed by atoms with E-state index < -0.39 is 5.92 Å². The Morgan fingerprint density at radius 3 is 2.37 bits per heavy atom. The van der Waals surface area contributed by atoms with Crippen molar-refractivity contribution in [3.05, 3.63) is 93.0 Å². The minimum absolute atomic E-state index is 0.151. The largest absolute Gasteiger partial charge is 0.497 e. The number of anilines is 1. The highest BCUT2D eigenvalue weighted by molar-refractivity contribution is 6.32. The first-order chi connectivity index (χ1) is 14.4. The number of halogens is 2. The lowest BCUT2D eigenvalue weighted by Gasteiger charge is -2.16. The van der Waals surface area contributed by atoms with Gasteiger partial charge in [0.1, 0.15) is 5.75 Å². The summed E-state index contributed by atoms with van der Waals surface area (Å²) in [4.78, 5) is 12.5. The summed E-state index contributed by atoms with van der Waals surface area (Å²) in [7, 11) is 1.60. The van der Waals surface area contributed by atoms with Gasteiger partial charge in [-0.05, 0) is 59.5 Å². The molecule has 0 saturated heterocycles. The van der Waals surface area contributed by atoms with Gasteiger partial charge in [-0.2, -0.15) is 5.26 Å². The van der Waals surface area contributed by atoms with Crippen LogP contribution >= 0.6 is 23.2 Å². The second-order valence-electron chi connectivity index (χ2n) is 6.88. The number of amides is 1. The van der Waals surface area contributed by atoms with Crippen LogP contribution < -0.4 is 10.1 Å². The number of methoxy groups -OCH3 is 1. The Bertz CT molecular complexity index is 1090. The van der Waals surface area contributed by atoms with Crippen LogP contribution in [0.15, 0.2) is 60.7 Å². The maximum absolute atomic E-state index is 12.5. The fourth-order valence-corrected chi connectivity index (χ4v) is 3.56. The second-order valence-corrected chi connectivity index (χ2v) is 7.72. The molecule has 0 fully saturated rings. The Morgan fingerprint density at radius 1 is 1.10 bits per heavy atom. The van der Waals surface area contributed by atoms with Gasteiger partial charge in [0.25, 0.3) is 0 Å². The van der Waals surface area contributed by atoms with E-state index in [0.29, 0.717) is 21.3 Å². The molecule has 3 rings (SSSR count). The molecule has 3 aromatic carbocycles. The van der Waals surface area contributed by atoms with Crippen LogP contribution in [0.25, 0.3) is 0 Å². The summed E-state index contributed by atoms with van der Waals surface area (Å²) < 4.78 is 5.13. The fourth-order valence-electron chi connectivity index (χ4n) is 3.16. The van der Waals surface area contributed by atoms with Crippen LogP contribution in [0, 0.1) is 18.3 Å². The lowest BCUT2D eigenvalue weighted by molar-refractivity contribution is -0.115. The van der Waals surface area contributed by atoms with Gasteiger partial charge in [-0.25, -0.2) is 0 Å². The molecule has 0 aliphatic carbocycles. The number of hydrogen-bond donors (Lipinski definition) is 1. The molecule has 0 aliphatic heterocycles. The summed E-state index contributed by atoms with van der Waals surface area (Å²) >= 11 is 12.4. The molecule has 152 valence electrons. The van der Waals surface area contributed by atoms with Crippen molar-refractivity contribution in [3.63, 3.8) is 0 Å². The molecule has 4 nitrogen and oxygen atoms in total. The molecule has 0 radical (unpaired) electrons. The Balaban J connectivity index is 1.78. The normalized spacial score (nSPS) is 11.4. The fraction of sp³-hybridized carbons (Fsp3) is 0.167. The smallest absolute Gasteiger partial charge is 0.228 e. The zero-order chi connectivity index (χ0) is 21.7. The molecule has 6 heteroatoms. The molecule has 0 bridgehead atoms. The van der Waals surface area contributed by atoms with Crippen molar-refractivity contribution in [2.45, 2.75) is 19.3 Å². The van der Waals surface area contributed by atoms with Crippen LogP contribution in [0.2, 0.25) is 10.0 Å². The highest BCUT2D eigenvalue weighted by Crippen LogP contribution is 2.34. The van der Waals surface area contributed by atoms with E-state index in [1.54, 1.807) is 25.3 Å². The third-order valence-electron chi connectivity index (χ3n) is 4.78. The number of benzene rings is 3. The summed E-state index contributed by atoms with van der Waals surface area (Å²) in [6.07, 6.45) is 0.231. The molecule has 1 atom stereocenters. The highest BCUT2D eigenvalue weighted by Gasteiger charge is 2.19. The summed E-state index contributed by atoms with van der Waals surface area (Å²) in [5.41, 5.74) is 3.81. The quantitative estimate of drug-likeness (QED) is 0.501. The van der Waals surface area contributed by atoms with E-state index in [4.69, 9.17) is 27.9 Å². The van der Waals surface area contributed by atoms with Crippen molar-refractivity contribution in [2.24, 2.45) is 0 Å². The first-order valence-electron chi connectivity index (χ1n) is 9.29. The lowest BCUT2D eigenvalue weighted by Crippen LogP contribution is -2.15. The summed E-state index contributed by atoms with van der Waals surface area (Å²) in [6.45, 7) is 1.87. The molecule has 0 unspecified atom stereocenters. The van der Waals surface area contributed by atoms with Crippen molar-refractivity contribution < 1.29 is 9.53 Å². The van der Waals surface area contributed by atoms with Crippen LogP contribution in [0.1, 0.15) is 28.2 Å². The zero-order valence-electron chi connectivity index (χ0n) is 16.6. The van der Waals surface area contributed by atoms with Gasteiger partial charge in [-0.1, -0.05) is 53.5 Å². The summed E-state index contributed by atoms with van der Waals surface area (Å²) in [5, 5.41) is 13.6. The van der Waals surface area contributed by atoms with Crippen LogP contribution in [-0.4, -0.2) is 13.0 Å². The predicted molar refractivity (Wildman–Crippen MR) is 120 cm³/mol. The molecular weight excluding hydrogens is 419 g/mol. The molecular formula is C24H20Cl2N2O2. The van der Waals surface area contributed by atoms with Crippen molar-refractivity contribution in [3.8, 4) is 11.8 Å². The molecule has 1 amide bonds. The lowest BCUT2D eigenvalue weighted by atomic mass is 9.91. The van der Waals surface area contributed by atoms with Crippen molar-refractivity contribution in [1.29, 1.82) is 5.26 Å². The van der Waals surface area contributed by atoms with E-state index in [-0.39, 0.29) is 12.3 Å². The minimum atomic E-state index is -0.530. The number of rotatable bonds is 6. The summed E-state index contributed by atoms with van der Waals surface area (Å²) in [5.74, 6) is 0.0595. The SMILES string of the molecule is COc1ccc(CC(=O)Nc2cc(Cl)c([C@@H](C#N)c3ccc(Cl)cc3)cc2C)cc1. The number of carbonyl (C=O) groups is 1. The van der Waals surface area contributed by atoms with E-state index >= 15 is 0 Å². The number of nitrogens with one attached hydrogen (secondary N) is 1. The Morgan fingerprint density at radius 2 is 1.77 bits per heavy atom. The third-order valence-corrected chi connectivity index (χ3v) is 5.36. The third kappa shape index (κ3) is 5.13. The van der Waals surface area contributed by atoms with E-state index in [0.717, 1.165) is 22.4 Å². The van der Waals surface area contributed by atoms with E-state index in [9.17, 15) is 10.1 Å². The second kappa shape index (κ2) is 9.67. The average Bonchev–Trinajstić information content (AvgIpc) is 2.73. The van der Waals surface area contributed by atoms with Crippen LogP contribution in [0.3, 0.4) is 0 Å². The van der Waals surface area contributed by atoms with Gasteiger partial charge < -0.3 is 10.1 Å². The molecule has 0 heterocycles. The van der Waals surface area contributed by atoms with E-state index in [2.05, 4.69) is 11.4 Å². The zero-order valence-corrected chi connectivity index (χ0v) is 18.1. The number of nitrogens with zero attached hydrogens (tertiary/aromatic N) is 1. The number of carbonyl (C=O) groups excluding carboxylic acids is 1. The topological polar surface area (TPSA) is 62.1 Å². The van der Waals surface area contributed by atoms with Crippen molar-refractivity contribution in [2.75, 3.05) is 12.4 Å². The predicted octanol–water partition coefficient (Wildman–Crippen LogP) is 6.15. The maximum atomic E-state index is 12.5. The van der Waals surface area contributed by atoms with Gasteiger partial charge in [0.05, 0.1) is 25.5 Å². The molecule has 0 spiro atoms. The number of hydrogen-bond acceptors (Lipinski definition) is 3.